The Morgan fingerprint density at radius 2 is 1.86 bits per heavy atom. The van der Waals surface area contributed by atoms with Gasteiger partial charge in [0.05, 0.1) is 0 Å². The van der Waals surface area contributed by atoms with Crippen molar-refractivity contribution in [2.75, 3.05) is 0 Å². The zero-order valence-electron chi connectivity index (χ0n) is 13.5. The van der Waals surface area contributed by atoms with E-state index >= 15 is 0 Å². The number of nitrogens with one attached hydrogen (secondary N) is 1. The van der Waals surface area contributed by atoms with E-state index in [9.17, 15) is 9.59 Å². The van der Waals surface area contributed by atoms with Crippen LogP contribution in [-0.2, 0) is 20.7 Å². The Kier molecular flexibility index (Phi) is 5.94. The summed E-state index contributed by atoms with van der Waals surface area (Å²) in [4.78, 5) is 23.7. The van der Waals surface area contributed by atoms with Crippen LogP contribution < -0.4 is 5.32 Å². The van der Waals surface area contributed by atoms with E-state index in [1.165, 1.54) is 5.56 Å². The van der Waals surface area contributed by atoms with Crippen LogP contribution >= 0.6 is 0 Å². The highest BCUT2D eigenvalue weighted by Crippen LogP contribution is 2.10. The number of carbonyl (C=O) groups is 2. The molecule has 4 heteroatoms. The molecule has 1 atom stereocenters. The second-order valence-electron chi connectivity index (χ2n) is 6.25. The number of rotatable bonds is 5. The van der Waals surface area contributed by atoms with Gasteiger partial charge in [0, 0.05) is 6.42 Å². The summed E-state index contributed by atoms with van der Waals surface area (Å²) in [6, 6.07) is 7.34. The standard InChI is InChI=1S/C17H25NO3/c1-12-8-6-7-9-14(12)10-11-15(19)18-13(2)16(20)21-17(3,4)5/h6-9,13H,10-11H2,1-5H3,(H,18,19)/t13-/m0/s1. The number of hydrogen-bond acceptors (Lipinski definition) is 3. The third-order valence-corrected chi connectivity index (χ3v) is 3.02. The van der Waals surface area contributed by atoms with E-state index in [1.807, 2.05) is 31.2 Å². The van der Waals surface area contributed by atoms with E-state index in [-0.39, 0.29) is 5.91 Å². The SMILES string of the molecule is Cc1ccccc1CCC(=O)N[C@@H](C)C(=O)OC(C)(C)C. The lowest BCUT2D eigenvalue weighted by molar-refractivity contribution is -0.158. The summed E-state index contributed by atoms with van der Waals surface area (Å²) in [6.45, 7) is 9.07. The third-order valence-electron chi connectivity index (χ3n) is 3.02. The Hall–Kier alpha value is -1.84. The predicted octanol–water partition coefficient (Wildman–Crippen LogP) is 2.77. The summed E-state index contributed by atoms with van der Waals surface area (Å²) < 4.78 is 5.23. The Labute approximate surface area is 126 Å². The van der Waals surface area contributed by atoms with Crippen LogP contribution in [0.5, 0.6) is 0 Å². The van der Waals surface area contributed by atoms with Crippen LogP contribution in [0.2, 0.25) is 0 Å². The highest BCUT2D eigenvalue weighted by atomic mass is 16.6. The Bertz CT molecular complexity index is 503. The molecule has 0 heterocycles. The van der Waals surface area contributed by atoms with Gasteiger partial charge < -0.3 is 10.1 Å². The van der Waals surface area contributed by atoms with E-state index in [1.54, 1.807) is 27.7 Å². The first-order valence-electron chi connectivity index (χ1n) is 7.26. The maximum Gasteiger partial charge on any atom is 0.328 e. The van der Waals surface area contributed by atoms with Crippen molar-refractivity contribution in [1.29, 1.82) is 0 Å². The second kappa shape index (κ2) is 7.25. The highest BCUT2D eigenvalue weighted by molar-refractivity contribution is 5.84. The number of carbonyl (C=O) groups excluding carboxylic acids is 2. The fourth-order valence-electron chi connectivity index (χ4n) is 1.90. The number of ether oxygens (including phenoxy) is 1. The van der Waals surface area contributed by atoms with Crippen molar-refractivity contribution in [3.63, 3.8) is 0 Å². The van der Waals surface area contributed by atoms with Gasteiger partial charge in [0.2, 0.25) is 5.91 Å². The molecule has 0 aliphatic rings. The smallest absolute Gasteiger partial charge is 0.328 e. The molecule has 21 heavy (non-hydrogen) atoms. The Morgan fingerprint density at radius 1 is 1.24 bits per heavy atom. The van der Waals surface area contributed by atoms with Gasteiger partial charge in [-0.25, -0.2) is 4.79 Å². The molecule has 0 radical (unpaired) electrons. The molecule has 1 N–H and O–H groups in total. The molecule has 1 rings (SSSR count). The topological polar surface area (TPSA) is 55.4 Å². The fraction of sp³-hybridized carbons (Fsp3) is 0.529. The van der Waals surface area contributed by atoms with E-state index in [0.29, 0.717) is 12.8 Å². The van der Waals surface area contributed by atoms with Crippen molar-refractivity contribution in [1.82, 2.24) is 5.32 Å². The minimum absolute atomic E-state index is 0.142. The van der Waals surface area contributed by atoms with Crippen LogP contribution in [0.3, 0.4) is 0 Å². The molecule has 116 valence electrons. The van der Waals surface area contributed by atoms with Gasteiger partial charge in [0.15, 0.2) is 0 Å². The lowest BCUT2D eigenvalue weighted by Crippen LogP contribution is -2.42. The third kappa shape index (κ3) is 6.43. The van der Waals surface area contributed by atoms with Gasteiger partial charge in [-0.2, -0.15) is 0 Å². The fourth-order valence-corrected chi connectivity index (χ4v) is 1.90. The zero-order valence-corrected chi connectivity index (χ0v) is 13.5. The van der Waals surface area contributed by atoms with Crippen molar-refractivity contribution < 1.29 is 14.3 Å². The molecule has 4 nitrogen and oxygen atoms in total. The first-order valence-corrected chi connectivity index (χ1v) is 7.26. The largest absolute Gasteiger partial charge is 0.458 e. The van der Waals surface area contributed by atoms with Crippen LogP contribution in [0.25, 0.3) is 0 Å². The average Bonchev–Trinajstić information content (AvgIpc) is 2.35. The quantitative estimate of drug-likeness (QED) is 0.849. The molecule has 0 unspecified atom stereocenters. The molecule has 0 fully saturated rings. The number of aryl methyl sites for hydroxylation is 2. The molecule has 0 aromatic heterocycles. The number of amides is 1. The number of hydrogen-bond donors (Lipinski definition) is 1. The first kappa shape index (κ1) is 17.2. The van der Waals surface area contributed by atoms with Crippen LogP contribution in [-0.4, -0.2) is 23.5 Å². The molecule has 0 spiro atoms. The normalized spacial score (nSPS) is 12.6. The molecule has 0 bridgehead atoms. The molecular formula is C17H25NO3. The van der Waals surface area contributed by atoms with E-state index in [0.717, 1.165) is 5.56 Å². The lowest BCUT2D eigenvalue weighted by Gasteiger charge is -2.22. The van der Waals surface area contributed by atoms with Gasteiger partial charge in [0.1, 0.15) is 11.6 Å². The monoisotopic (exact) mass is 291 g/mol. The summed E-state index contributed by atoms with van der Waals surface area (Å²) in [6.07, 6.45) is 1.03. The van der Waals surface area contributed by atoms with Gasteiger partial charge in [-0.05, 0) is 52.2 Å². The van der Waals surface area contributed by atoms with Crippen LogP contribution in [0.1, 0.15) is 45.2 Å². The van der Waals surface area contributed by atoms with Crippen molar-refractivity contribution in [3.8, 4) is 0 Å². The summed E-state index contributed by atoms with van der Waals surface area (Å²) in [7, 11) is 0. The van der Waals surface area contributed by atoms with Crippen molar-refractivity contribution >= 4 is 11.9 Å². The minimum Gasteiger partial charge on any atom is -0.458 e. The number of esters is 1. The van der Waals surface area contributed by atoms with Gasteiger partial charge >= 0.3 is 5.97 Å². The zero-order chi connectivity index (χ0) is 16.0. The Morgan fingerprint density at radius 3 is 2.43 bits per heavy atom. The van der Waals surface area contributed by atoms with Crippen molar-refractivity contribution in [2.24, 2.45) is 0 Å². The average molecular weight is 291 g/mol. The second-order valence-corrected chi connectivity index (χ2v) is 6.25. The maximum absolute atomic E-state index is 11.9. The van der Waals surface area contributed by atoms with Crippen LogP contribution in [0.15, 0.2) is 24.3 Å². The van der Waals surface area contributed by atoms with Crippen LogP contribution in [0, 0.1) is 6.92 Å². The molecule has 0 aliphatic carbocycles. The minimum atomic E-state index is -0.631. The van der Waals surface area contributed by atoms with Gasteiger partial charge in [-0.15, -0.1) is 0 Å². The van der Waals surface area contributed by atoms with Gasteiger partial charge in [-0.3, -0.25) is 4.79 Å². The molecular weight excluding hydrogens is 266 g/mol. The van der Waals surface area contributed by atoms with Gasteiger partial charge in [-0.1, -0.05) is 24.3 Å². The summed E-state index contributed by atoms with van der Waals surface area (Å²) in [5.74, 6) is -0.552. The molecule has 1 amide bonds. The molecule has 0 saturated carbocycles. The summed E-state index contributed by atoms with van der Waals surface area (Å²) in [5.41, 5.74) is 1.78. The number of benzene rings is 1. The van der Waals surface area contributed by atoms with E-state index < -0.39 is 17.6 Å². The van der Waals surface area contributed by atoms with Gasteiger partial charge in [0.25, 0.3) is 0 Å². The van der Waals surface area contributed by atoms with Crippen molar-refractivity contribution in [2.45, 2.75) is 59.1 Å². The summed E-state index contributed by atoms with van der Waals surface area (Å²) >= 11 is 0. The summed E-state index contributed by atoms with van der Waals surface area (Å²) in [5, 5.41) is 2.68. The molecule has 0 saturated heterocycles. The predicted molar refractivity (Wildman–Crippen MR) is 82.9 cm³/mol. The lowest BCUT2D eigenvalue weighted by atomic mass is 10.0. The van der Waals surface area contributed by atoms with E-state index in [4.69, 9.17) is 4.74 Å². The van der Waals surface area contributed by atoms with E-state index in [2.05, 4.69) is 5.32 Å². The van der Waals surface area contributed by atoms with Crippen molar-refractivity contribution in [3.05, 3.63) is 35.4 Å². The van der Waals surface area contributed by atoms with Crippen LogP contribution in [0.4, 0.5) is 0 Å². The molecule has 0 aliphatic heterocycles. The highest BCUT2D eigenvalue weighted by Gasteiger charge is 2.22. The molecule has 1 aromatic rings. The first-order chi connectivity index (χ1) is 9.69. The maximum atomic E-state index is 11.9. The molecule has 1 aromatic carbocycles. The Balaban J connectivity index is 2.43.